The van der Waals surface area contributed by atoms with E-state index in [2.05, 4.69) is 9.36 Å². The van der Waals surface area contributed by atoms with Gasteiger partial charge in [-0.3, -0.25) is 0 Å². The van der Waals surface area contributed by atoms with Gasteiger partial charge in [-0.1, -0.05) is 0 Å². The van der Waals surface area contributed by atoms with Gasteiger partial charge in [-0.15, -0.1) is 0 Å². The molecule has 1 rings (SSSR count). The first-order valence-corrected chi connectivity index (χ1v) is 5.41. The Labute approximate surface area is 100 Å². The lowest BCUT2D eigenvalue weighted by Gasteiger charge is -2.18. The van der Waals surface area contributed by atoms with Crippen LogP contribution in [-0.4, -0.2) is 47.9 Å². The van der Waals surface area contributed by atoms with E-state index in [0.29, 0.717) is 11.5 Å². The predicted molar refractivity (Wildman–Crippen MR) is 56.1 cm³/mol. The van der Waals surface area contributed by atoms with E-state index in [9.17, 15) is 18.3 Å². The van der Waals surface area contributed by atoms with Crippen molar-refractivity contribution in [1.29, 1.82) is 0 Å². The van der Waals surface area contributed by atoms with E-state index in [1.54, 1.807) is 0 Å². The normalized spacial score (nSPS) is 13.8. The van der Waals surface area contributed by atoms with Gasteiger partial charge >= 0.3 is 6.18 Å². The molecule has 0 fully saturated rings. The van der Waals surface area contributed by atoms with Crippen molar-refractivity contribution in [3.63, 3.8) is 0 Å². The van der Waals surface area contributed by atoms with Crippen LogP contribution in [0.4, 0.5) is 18.3 Å². The number of rotatable bonds is 5. The number of aromatic nitrogens is 2. The average molecular weight is 271 g/mol. The lowest BCUT2D eigenvalue weighted by Crippen LogP contribution is -2.31. The van der Waals surface area contributed by atoms with Crippen LogP contribution in [0.5, 0.6) is 0 Å². The summed E-state index contributed by atoms with van der Waals surface area (Å²) in [6, 6.07) is 0. The maximum atomic E-state index is 12.2. The highest BCUT2D eigenvalue weighted by atomic mass is 32.1. The number of anilines is 1. The Hall–Kier alpha value is -0.930. The number of aliphatic hydroxyl groups excluding tert-OH is 1. The van der Waals surface area contributed by atoms with Crippen LogP contribution in [0.1, 0.15) is 5.82 Å². The third-order valence-corrected chi connectivity index (χ3v) is 2.67. The van der Waals surface area contributed by atoms with Crippen LogP contribution < -0.4 is 4.90 Å². The minimum absolute atomic E-state index is 0.104. The van der Waals surface area contributed by atoms with Crippen molar-refractivity contribution in [2.75, 3.05) is 32.2 Å². The summed E-state index contributed by atoms with van der Waals surface area (Å²) in [4.78, 5) is 4.75. The molecule has 1 aromatic heterocycles. The largest absolute Gasteiger partial charge is 0.452 e. The van der Waals surface area contributed by atoms with Crippen LogP contribution in [0, 0.1) is 0 Å². The van der Waals surface area contributed by atoms with Crippen LogP contribution in [0.15, 0.2) is 0 Å². The SMILES string of the molecule is COCC(O)CN(C)c1nc(C(F)(F)F)ns1. The van der Waals surface area contributed by atoms with Crippen molar-refractivity contribution in [2.45, 2.75) is 12.3 Å². The molecule has 0 saturated carbocycles. The molecular formula is C8H12F3N3O2S. The molecule has 0 spiro atoms. The lowest BCUT2D eigenvalue weighted by atomic mass is 10.3. The van der Waals surface area contributed by atoms with Crippen molar-refractivity contribution in [2.24, 2.45) is 0 Å². The smallest absolute Gasteiger partial charge is 0.389 e. The zero-order chi connectivity index (χ0) is 13.1. The first kappa shape index (κ1) is 14.1. The topological polar surface area (TPSA) is 58.5 Å². The molecule has 1 unspecified atom stereocenters. The number of ether oxygens (including phenoxy) is 1. The minimum atomic E-state index is -4.54. The molecule has 1 heterocycles. The number of halogens is 3. The predicted octanol–water partition coefficient (Wildman–Crippen LogP) is 1.00. The summed E-state index contributed by atoms with van der Waals surface area (Å²) < 4.78 is 44.6. The van der Waals surface area contributed by atoms with Gasteiger partial charge in [0, 0.05) is 32.2 Å². The van der Waals surface area contributed by atoms with Crippen molar-refractivity contribution < 1.29 is 23.0 Å². The summed E-state index contributed by atoms with van der Waals surface area (Å²) in [7, 11) is 2.95. The van der Waals surface area contributed by atoms with Gasteiger partial charge in [-0.2, -0.15) is 22.5 Å². The van der Waals surface area contributed by atoms with Gasteiger partial charge in [-0.05, 0) is 0 Å². The first-order valence-electron chi connectivity index (χ1n) is 4.63. The summed E-state index contributed by atoms with van der Waals surface area (Å²) in [6.45, 7) is 0.232. The molecule has 0 radical (unpaired) electrons. The number of hydrogen-bond acceptors (Lipinski definition) is 6. The second-order valence-corrected chi connectivity index (χ2v) is 4.12. The maximum Gasteiger partial charge on any atom is 0.452 e. The van der Waals surface area contributed by atoms with Gasteiger partial charge in [0.1, 0.15) is 0 Å². The fourth-order valence-electron chi connectivity index (χ4n) is 1.12. The van der Waals surface area contributed by atoms with Crippen molar-refractivity contribution in [3.8, 4) is 0 Å². The number of methoxy groups -OCH3 is 1. The molecule has 0 aliphatic carbocycles. The number of alkyl halides is 3. The van der Waals surface area contributed by atoms with Crippen LogP contribution in [0.3, 0.4) is 0 Å². The second-order valence-electron chi connectivity index (χ2n) is 3.39. The van der Waals surface area contributed by atoms with E-state index in [1.165, 1.54) is 19.1 Å². The summed E-state index contributed by atoms with van der Waals surface area (Å²) in [5.74, 6) is -1.16. The van der Waals surface area contributed by atoms with Crippen LogP contribution in [0.2, 0.25) is 0 Å². The quantitative estimate of drug-likeness (QED) is 0.865. The molecule has 1 aromatic rings. The Morgan fingerprint density at radius 3 is 2.65 bits per heavy atom. The highest BCUT2D eigenvalue weighted by Gasteiger charge is 2.36. The summed E-state index contributed by atoms with van der Waals surface area (Å²) in [6.07, 6.45) is -5.33. The summed E-state index contributed by atoms with van der Waals surface area (Å²) in [5.41, 5.74) is 0. The van der Waals surface area contributed by atoms with E-state index >= 15 is 0 Å². The molecule has 5 nitrogen and oxygen atoms in total. The Balaban J connectivity index is 2.64. The zero-order valence-electron chi connectivity index (χ0n) is 9.23. The van der Waals surface area contributed by atoms with E-state index < -0.39 is 18.1 Å². The monoisotopic (exact) mass is 271 g/mol. The molecular weight excluding hydrogens is 259 g/mol. The van der Waals surface area contributed by atoms with Crippen LogP contribution in [0.25, 0.3) is 0 Å². The molecule has 98 valence electrons. The number of hydrogen-bond donors (Lipinski definition) is 1. The fourth-order valence-corrected chi connectivity index (χ4v) is 1.78. The van der Waals surface area contributed by atoms with Crippen molar-refractivity contribution in [1.82, 2.24) is 9.36 Å². The third-order valence-electron chi connectivity index (χ3n) is 1.84. The molecule has 1 N–H and O–H groups in total. The molecule has 0 amide bonds. The van der Waals surface area contributed by atoms with Gasteiger partial charge in [-0.25, -0.2) is 0 Å². The molecule has 0 aliphatic heterocycles. The van der Waals surface area contributed by atoms with E-state index in [-0.39, 0.29) is 18.3 Å². The van der Waals surface area contributed by atoms with E-state index in [1.807, 2.05) is 0 Å². The van der Waals surface area contributed by atoms with Crippen LogP contribution >= 0.6 is 11.5 Å². The third kappa shape index (κ3) is 4.10. The molecule has 0 bridgehead atoms. The summed E-state index contributed by atoms with van der Waals surface area (Å²) >= 11 is 0.637. The van der Waals surface area contributed by atoms with Gasteiger partial charge in [0.15, 0.2) is 0 Å². The maximum absolute atomic E-state index is 12.2. The Bertz CT molecular complexity index is 358. The molecule has 17 heavy (non-hydrogen) atoms. The highest BCUT2D eigenvalue weighted by molar-refractivity contribution is 7.09. The van der Waals surface area contributed by atoms with Crippen LogP contribution in [-0.2, 0) is 10.9 Å². The van der Waals surface area contributed by atoms with E-state index in [0.717, 1.165) is 0 Å². The standard InChI is InChI=1S/C8H12F3N3O2S/c1-14(3-5(15)4-16-2)7-12-6(13-17-7)8(9,10)11/h5,15H,3-4H2,1-2H3. The summed E-state index contributed by atoms with van der Waals surface area (Å²) in [5, 5.41) is 9.52. The molecule has 0 saturated heterocycles. The molecule has 1 atom stereocenters. The Morgan fingerprint density at radius 1 is 1.53 bits per heavy atom. The Morgan fingerprint density at radius 2 is 2.18 bits per heavy atom. The fraction of sp³-hybridized carbons (Fsp3) is 0.750. The van der Waals surface area contributed by atoms with Gasteiger partial charge < -0.3 is 14.7 Å². The highest BCUT2D eigenvalue weighted by Crippen LogP contribution is 2.29. The van der Waals surface area contributed by atoms with Crippen molar-refractivity contribution in [3.05, 3.63) is 5.82 Å². The molecule has 0 aromatic carbocycles. The molecule has 0 aliphatic rings. The zero-order valence-corrected chi connectivity index (χ0v) is 10.0. The number of likely N-dealkylation sites (N-methyl/N-ethyl adjacent to an activating group) is 1. The first-order chi connectivity index (χ1) is 7.84. The molecule has 9 heteroatoms. The van der Waals surface area contributed by atoms with Gasteiger partial charge in [0.05, 0.1) is 12.7 Å². The Kier molecular flexibility index (Phi) is 4.66. The minimum Gasteiger partial charge on any atom is -0.389 e. The second kappa shape index (κ2) is 5.61. The van der Waals surface area contributed by atoms with Gasteiger partial charge in [0.25, 0.3) is 0 Å². The van der Waals surface area contributed by atoms with Gasteiger partial charge in [0.2, 0.25) is 11.0 Å². The number of nitrogens with zero attached hydrogens (tertiary/aromatic N) is 3. The van der Waals surface area contributed by atoms with E-state index in [4.69, 9.17) is 4.74 Å². The van der Waals surface area contributed by atoms with Crippen molar-refractivity contribution >= 4 is 16.7 Å². The lowest BCUT2D eigenvalue weighted by molar-refractivity contribution is -0.144. The average Bonchev–Trinajstić information content (AvgIpc) is 2.65. The number of aliphatic hydroxyl groups is 1.